The van der Waals surface area contributed by atoms with Crippen LogP contribution in [0.5, 0.6) is 0 Å². The molecule has 2 rings (SSSR count). The normalized spacial score (nSPS) is 21.1. The Kier molecular flexibility index (Phi) is 7.32. The molecule has 0 saturated heterocycles. The third-order valence-electron chi connectivity index (χ3n) is 5.34. The van der Waals surface area contributed by atoms with Crippen LogP contribution in [-0.2, 0) is 11.3 Å². The summed E-state index contributed by atoms with van der Waals surface area (Å²) in [5, 5.41) is 13.0. The number of carboxylic acid groups (broad SMARTS) is 1. The molecule has 0 fully saturated rings. The van der Waals surface area contributed by atoms with Crippen LogP contribution >= 0.6 is 0 Å². The average Bonchev–Trinajstić information content (AvgIpc) is 3.09. The van der Waals surface area contributed by atoms with Gasteiger partial charge in [-0.05, 0) is 56.1 Å². The maximum absolute atomic E-state index is 10.7. The van der Waals surface area contributed by atoms with Gasteiger partial charge in [-0.25, -0.2) is 9.78 Å². The number of hydrogen-bond donors (Lipinski definition) is 1. The molecule has 5 heteroatoms. The molecule has 5 nitrogen and oxygen atoms in total. The van der Waals surface area contributed by atoms with E-state index in [9.17, 15) is 4.79 Å². The van der Waals surface area contributed by atoms with E-state index in [1.807, 2.05) is 16.8 Å². The van der Waals surface area contributed by atoms with Gasteiger partial charge in [0.25, 0.3) is 0 Å². The van der Waals surface area contributed by atoms with E-state index in [1.54, 1.807) is 25.7 Å². The van der Waals surface area contributed by atoms with Crippen molar-refractivity contribution in [1.82, 2.24) is 14.8 Å². The Hall–Kier alpha value is -2.69. The van der Waals surface area contributed by atoms with Crippen molar-refractivity contribution < 1.29 is 9.90 Å². The van der Waals surface area contributed by atoms with Gasteiger partial charge in [-0.1, -0.05) is 55.4 Å². The molecular formula is C23H31N3O2. The Morgan fingerprint density at radius 3 is 2.71 bits per heavy atom. The van der Waals surface area contributed by atoms with E-state index in [4.69, 9.17) is 5.11 Å². The van der Waals surface area contributed by atoms with Crippen LogP contribution in [0.3, 0.4) is 0 Å². The fourth-order valence-electron chi connectivity index (χ4n) is 3.64. The van der Waals surface area contributed by atoms with Gasteiger partial charge in [0.1, 0.15) is 12.7 Å². The second kappa shape index (κ2) is 9.49. The Bertz CT molecular complexity index is 837. The Morgan fingerprint density at radius 1 is 1.32 bits per heavy atom. The third kappa shape index (κ3) is 6.19. The summed E-state index contributed by atoms with van der Waals surface area (Å²) in [7, 11) is 0. The van der Waals surface area contributed by atoms with Gasteiger partial charge in [0.2, 0.25) is 0 Å². The van der Waals surface area contributed by atoms with Crippen LogP contribution in [-0.4, -0.2) is 25.8 Å². The lowest BCUT2D eigenvalue weighted by atomic mass is 9.68. The van der Waals surface area contributed by atoms with E-state index in [0.717, 1.165) is 25.0 Å². The molecule has 1 aliphatic rings. The van der Waals surface area contributed by atoms with Gasteiger partial charge in [0.05, 0.1) is 0 Å². The second-order valence-corrected chi connectivity index (χ2v) is 8.16. The highest BCUT2D eigenvalue weighted by Crippen LogP contribution is 2.43. The van der Waals surface area contributed by atoms with Gasteiger partial charge in [-0.2, -0.15) is 5.10 Å². The fraction of sp³-hybridized carbons (Fsp3) is 0.435. The SMILES string of the molecule is CC(C=CC1=C(C)C(Cn2cncn2)CCC1(C)C)=CC=CC(C)=CC(=O)O. The van der Waals surface area contributed by atoms with Crippen LogP contribution in [0.15, 0.2) is 71.4 Å². The number of carboxylic acids is 1. The summed E-state index contributed by atoms with van der Waals surface area (Å²) in [6, 6.07) is 0. The van der Waals surface area contributed by atoms with Gasteiger partial charge >= 0.3 is 5.97 Å². The Labute approximate surface area is 167 Å². The second-order valence-electron chi connectivity index (χ2n) is 8.16. The maximum atomic E-state index is 10.7. The molecule has 0 aromatic carbocycles. The maximum Gasteiger partial charge on any atom is 0.328 e. The first-order valence-electron chi connectivity index (χ1n) is 9.67. The summed E-state index contributed by atoms with van der Waals surface area (Å²) in [5.74, 6) is -0.451. The van der Waals surface area contributed by atoms with Crippen molar-refractivity contribution in [2.24, 2.45) is 11.3 Å². The van der Waals surface area contributed by atoms with Gasteiger partial charge in [0.15, 0.2) is 0 Å². The largest absolute Gasteiger partial charge is 0.478 e. The van der Waals surface area contributed by atoms with Crippen molar-refractivity contribution in [3.63, 3.8) is 0 Å². The number of allylic oxidation sites excluding steroid dienone is 9. The molecule has 0 bridgehead atoms. The topological polar surface area (TPSA) is 68.0 Å². The summed E-state index contributed by atoms with van der Waals surface area (Å²) in [6.07, 6.45) is 16.9. The van der Waals surface area contributed by atoms with E-state index in [-0.39, 0.29) is 5.41 Å². The van der Waals surface area contributed by atoms with Crippen molar-refractivity contribution >= 4 is 5.97 Å². The van der Waals surface area contributed by atoms with Crippen molar-refractivity contribution in [2.45, 2.75) is 54.0 Å². The van der Waals surface area contributed by atoms with Crippen molar-refractivity contribution in [3.05, 3.63) is 71.4 Å². The van der Waals surface area contributed by atoms with Crippen LogP contribution < -0.4 is 0 Å². The molecule has 0 spiro atoms. The highest BCUT2D eigenvalue weighted by atomic mass is 16.4. The molecular weight excluding hydrogens is 350 g/mol. The van der Waals surface area contributed by atoms with Crippen molar-refractivity contribution in [3.8, 4) is 0 Å². The molecule has 0 radical (unpaired) electrons. The fourth-order valence-corrected chi connectivity index (χ4v) is 3.64. The zero-order valence-electron chi connectivity index (χ0n) is 17.5. The van der Waals surface area contributed by atoms with Gasteiger partial charge in [-0.3, -0.25) is 4.68 Å². The zero-order chi connectivity index (χ0) is 20.7. The van der Waals surface area contributed by atoms with Crippen molar-refractivity contribution in [1.29, 1.82) is 0 Å². The van der Waals surface area contributed by atoms with Gasteiger partial charge < -0.3 is 5.11 Å². The van der Waals surface area contributed by atoms with E-state index >= 15 is 0 Å². The Morgan fingerprint density at radius 2 is 2.07 bits per heavy atom. The number of aromatic nitrogens is 3. The standard InChI is InChI=1S/C23H31N3O2/c1-17(7-6-8-18(2)13-22(27)28)9-10-21-19(3)20(11-12-23(21,4)5)14-26-16-24-15-25-26/h6-10,13,15-16,20H,11-12,14H2,1-5H3,(H,27,28). The number of nitrogens with zero attached hydrogens (tertiary/aromatic N) is 3. The molecule has 150 valence electrons. The molecule has 28 heavy (non-hydrogen) atoms. The zero-order valence-corrected chi connectivity index (χ0v) is 17.5. The minimum atomic E-state index is -0.926. The summed E-state index contributed by atoms with van der Waals surface area (Å²) in [4.78, 5) is 14.7. The first-order chi connectivity index (χ1) is 13.2. The first-order valence-corrected chi connectivity index (χ1v) is 9.67. The molecule has 1 atom stereocenters. The molecule has 0 aliphatic heterocycles. The molecule has 0 amide bonds. The first kappa shape index (κ1) is 21.6. The molecule has 1 unspecified atom stereocenters. The predicted octanol–water partition coefficient (Wildman–Crippen LogP) is 5.12. The lowest BCUT2D eigenvalue weighted by Gasteiger charge is -2.37. The van der Waals surface area contributed by atoms with Crippen LogP contribution in [0.4, 0.5) is 0 Å². The summed E-state index contributed by atoms with van der Waals surface area (Å²) in [5.41, 5.74) is 4.79. The molecule has 0 saturated carbocycles. The number of hydrogen-bond acceptors (Lipinski definition) is 3. The predicted molar refractivity (Wildman–Crippen MR) is 113 cm³/mol. The number of rotatable bonds is 7. The van der Waals surface area contributed by atoms with Crippen LogP contribution in [0.25, 0.3) is 0 Å². The minimum Gasteiger partial charge on any atom is -0.478 e. The highest BCUT2D eigenvalue weighted by Gasteiger charge is 2.32. The van der Waals surface area contributed by atoms with E-state index in [1.165, 1.54) is 17.2 Å². The molecule has 1 aliphatic carbocycles. The molecule has 1 aromatic rings. The smallest absolute Gasteiger partial charge is 0.328 e. The van der Waals surface area contributed by atoms with Gasteiger partial charge in [0, 0.05) is 12.6 Å². The average molecular weight is 382 g/mol. The molecule has 1 heterocycles. The Balaban J connectivity index is 2.16. The quantitative estimate of drug-likeness (QED) is 0.526. The lowest BCUT2D eigenvalue weighted by molar-refractivity contribution is -0.131. The third-order valence-corrected chi connectivity index (χ3v) is 5.34. The van der Waals surface area contributed by atoms with Gasteiger partial charge in [-0.15, -0.1) is 0 Å². The summed E-state index contributed by atoms with van der Waals surface area (Å²) >= 11 is 0. The summed E-state index contributed by atoms with van der Waals surface area (Å²) in [6.45, 7) is 11.5. The highest BCUT2D eigenvalue weighted by molar-refractivity contribution is 5.81. The summed E-state index contributed by atoms with van der Waals surface area (Å²) < 4.78 is 1.91. The molecule has 1 aromatic heterocycles. The lowest BCUT2D eigenvalue weighted by Crippen LogP contribution is -2.27. The monoisotopic (exact) mass is 381 g/mol. The van der Waals surface area contributed by atoms with Crippen LogP contribution in [0, 0.1) is 11.3 Å². The van der Waals surface area contributed by atoms with E-state index in [0.29, 0.717) is 11.5 Å². The van der Waals surface area contributed by atoms with E-state index < -0.39 is 5.97 Å². The number of aliphatic carboxylic acids is 1. The minimum absolute atomic E-state index is 0.149. The van der Waals surface area contributed by atoms with Crippen molar-refractivity contribution in [2.75, 3.05) is 0 Å². The number of carbonyl (C=O) groups is 1. The van der Waals surface area contributed by atoms with E-state index in [2.05, 4.69) is 49.9 Å². The molecule has 1 N–H and O–H groups in total. The van der Waals surface area contributed by atoms with Crippen LogP contribution in [0.2, 0.25) is 0 Å². The van der Waals surface area contributed by atoms with Crippen LogP contribution in [0.1, 0.15) is 47.5 Å².